The Hall–Kier alpha value is -1.99. The molecule has 0 unspecified atom stereocenters. The Bertz CT molecular complexity index is 703. The highest BCUT2D eigenvalue weighted by Crippen LogP contribution is 2.21. The van der Waals surface area contributed by atoms with Crippen molar-refractivity contribution < 1.29 is 22.3 Å². The lowest BCUT2D eigenvalue weighted by molar-refractivity contribution is 0.191. The summed E-state index contributed by atoms with van der Waals surface area (Å²) in [4.78, 5) is -0.434. The van der Waals surface area contributed by atoms with Gasteiger partial charge in [0, 0.05) is 12.2 Å². The summed E-state index contributed by atoms with van der Waals surface area (Å²) >= 11 is 0. The van der Waals surface area contributed by atoms with E-state index in [4.69, 9.17) is 0 Å². The van der Waals surface area contributed by atoms with E-state index < -0.39 is 26.6 Å². The molecule has 0 aliphatic carbocycles. The molecule has 1 atom stereocenters. The zero-order chi connectivity index (χ0) is 16.2. The Morgan fingerprint density at radius 3 is 2.14 bits per heavy atom. The lowest BCUT2D eigenvalue weighted by atomic mass is 10.1. The van der Waals surface area contributed by atoms with Crippen molar-refractivity contribution in [3.05, 3.63) is 60.2 Å². The van der Waals surface area contributed by atoms with E-state index in [2.05, 4.69) is 5.32 Å². The molecule has 0 spiro atoms. The van der Waals surface area contributed by atoms with Gasteiger partial charge >= 0.3 is 5.76 Å². The van der Waals surface area contributed by atoms with Crippen LogP contribution in [-0.4, -0.2) is 25.8 Å². The topological polar surface area (TPSA) is 66.4 Å². The minimum Gasteiger partial charge on any atom is -0.387 e. The van der Waals surface area contributed by atoms with E-state index in [1.165, 1.54) is 12.1 Å². The first-order chi connectivity index (χ1) is 10.4. The number of alkyl halides is 2. The highest BCUT2D eigenvalue weighted by molar-refractivity contribution is 7.91. The molecule has 2 aromatic carbocycles. The van der Waals surface area contributed by atoms with Gasteiger partial charge in [0.05, 0.1) is 11.0 Å². The normalized spacial score (nSPS) is 13.1. The summed E-state index contributed by atoms with van der Waals surface area (Å²) in [6.45, 7) is 0.213. The number of sulfone groups is 1. The van der Waals surface area contributed by atoms with Gasteiger partial charge < -0.3 is 10.4 Å². The molecule has 2 aromatic rings. The molecule has 0 aliphatic heterocycles. The summed E-state index contributed by atoms with van der Waals surface area (Å²) in [5, 5.41) is 12.9. The van der Waals surface area contributed by atoms with Gasteiger partial charge in [0.15, 0.2) is 0 Å². The Labute approximate surface area is 127 Å². The average Bonchev–Trinajstić information content (AvgIpc) is 2.53. The lowest BCUT2D eigenvalue weighted by Gasteiger charge is -2.13. The Kier molecular flexibility index (Phi) is 5.10. The summed E-state index contributed by atoms with van der Waals surface area (Å²) in [5.74, 6) is -3.44. The molecule has 2 N–H and O–H groups in total. The second-order valence-electron chi connectivity index (χ2n) is 4.64. The van der Waals surface area contributed by atoms with Crippen LogP contribution in [0.15, 0.2) is 59.5 Å². The van der Waals surface area contributed by atoms with Gasteiger partial charge in [-0.15, -0.1) is 0 Å². The van der Waals surface area contributed by atoms with Gasteiger partial charge in [-0.3, -0.25) is 0 Å². The number of aliphatic hydroxyl groups is 1. The van der Waals surface area contributed by atoms with Crippen molar-refractivity contribution in [2.24, 2.45) is 0 Å². The van der Waals surface area contributed by atoms with Crippen LogP contribution in [0.4, 0.5) is 14.5 Å². The number of anilines is 1. The third kappa shape index (κ3) is 3.80. The molecular weight excluding hydrogens is 312 g/mol. The summed E-state index contributed by atoms with van der Waals surface area (Å²) in [7, 11) is -4.58. The zero-order valence-corrected chi connectivity index (χ0v) is 12.3. The highest BCUT2D eigenvalue weighted by Gasteiger charge is 2.26. The van der Waals surface area contributed by atoms with Crippen molar-refractivity contribution in [1.82, 2.24) is 0 Å². The van der Waals surface area contributed by atoms with Gasteiger partial charge in [-0.05, 0) is 29.8 Å². The molecule has 0 saturated carbocycles. The van der Waals surface area contributed by atoms with Crippen LogP contribution >= 0.6 is 0 Å². The third-order valence-corrected chi connectivity index (χ3v) is 4.50. The van der Waals surface area contributed by atoms with Gasteiger partial charge in [0.2, 0.25) is 9.84 Å². The predicted octanol–water partition coefficient (Wildman–Crippen LogP) is 2.83. The summed E-state index contributed by atoms with van der Waals surface area (Å²) in [6, 6.07) is 14.0. The number of halogens is 2. The van der Waals surface area contributed by atoms with Crippen molar-refractivity contribution >= 4 is 15.5 Å². The fourth-order valence-electron chi connectivity index (χ4n) is 1.87. The van der Waals surface area contributed by atoms with E-state index in [0.29, 0.717) is 5.69 Å². The van der Waals surface area contributed by atoms with Crippen LogP contribution in [0.2, 0.25) is 0 Å². The molecule has 0 radical (unpaired) electrons. The first-order valence-electron chi connectivity index (χ1n) is 6.50. The van der Waals surface area contributed by atoms with Crippen molar-refractivity contribution in [3.8, 4) is 0 Å². The Balaban J connectivity index is 2.01. The predicted molar refractivity (Wildman–Crippen MR) is 79.5 cm³/mol. The zero-order valence-electron chi connectivity index (χ0n) is 11.5. The molecule has 0 saturated heterocycles. The minimum absolute atomic E-state index is 0.213. The Morgan fingerprint density at radius 2 is 1.59 bits per heavy atom. The van der Waals surface area contributed by atoms with E-state index in [-0.39, 0.29) is 6.54 Å². The highest BCUT2D eigenvalue weighted by atomic mass is 32.2. The van der Waals surface area contributed by atoms with Crippen LogP contribution in [0, 0.1) is 0 Å². The molecule has 22 heavy (non-hydrogen) atoms. The van der Waals surface area contributed by atoms with E-state index in [1.807, 2.05) is 18.2 Å². The van der Waals surface area contributed by atoms with Gasteiger partial charge in [-0.2, -0.15) is 8.78 Å². The minimum atomic E-state index is -4.58. The third-order valence-electron chi connectivity index (χ3n) is 3.10. The molecule has 118 valence electrons. The first kappa shape index (κ1) is 16.4. The number of hydrogen-bond acceptors (Lipinski definition) is 4. The van der Waals surface area contributed by atoms with Gasteiger partial charge in [0.1, 0.15) is 0 Å². The monoisotopic (exact) mass is 327 g/mol. The number of benzene rings is 2. The summed E-state index contributed by atoms with van der Waals surface area (Å²) in [5.41, 5.74) is 1.27. The molecule has 0 bridgehead atoms. The van der Waals surface area contributed by atoms with E-state index in [9.17, 15) is 22.3 Å². The van der Waals surface area contributed by atoms with Crippen LogP contribution in [0.3, 0.4) is 0 Å². The Morgan fingerprint density at radius 1 is 1.00 bits per heavy atom. The molecule has 0 aliphatic rings. The number of nitrogens with one attached hydrogen (secondary N) is 1. The second kappa shape index (κ2) is 6.85. The molecule has 0 amide bonds. The maximum absolute atomic E-state index is 12.4. The van der Waals surface area contributed by atoms with Crippen LogP contribution < -0.4 is 5.32 Å². The van der Waals surface area contributed by atoms with E-state index >= 15 is 0 Å². The van der Waals surface area contributed by atoms with E-state index in [1.54, 1.807) is 12.1 Å². The molecular formula is C15H15F2NO3S. The van der Waals surface area contributed by atoms with Gasteiger partial charge in [-0.1, -0.05) is 30.3 Å². The fourth-order valence-corrected chi connectivity index (χ4v) is 2.59. The molecule has 4 nitrogen and oxygen atoms in total. The largest absolute Gasteiger partial charge is 0.387 e. The average molecular weight is 327 g/mol. The molecule has 7 heteroatoms. The van der Waals surface area contributed by atoms with Crippen LogP contribution in [0.25, 0.3) is 0 Å². The molecule has 0 heterocycles. The van der Waals surface area contributed by atoms with E-state index in [0.717, 1.165) is 17.7 Å². The number of hydrogen-bond donors (Lipinski definition) is 2. The fraction of sp³-hybridized carbons (Fsp3) is 0.200. The summed E-state index contributed by atoms with van der Waals surface area (Å²) in [6.07, 6.45) is -0.731. The number of aliphatic hydroxyl groups excluding tert-OH is 1. The maximum Gasteiger partial charge on any atom is 0.341 e. The van der Waals surface area contributed by atoms with Crippen LogP contribution in [0.1, 0.15) is 11.7 Å². The van der Waals surface area contributed by atoms with Crippen molar-refractivity contribution in [2.75, 3.05) is 11.9 Å². The SMILES string of the molecule is O=S(=O)(c1ccc(NC[C@H](O)c2ccccc2)cc1)C(F)F. The molecule has 2 rings (SSSR count). The van der Waals surface area contributed by atoms with Crippen molar-refractivity contribution in [1.29, 1.82) is 0 Å². The number of rotatable bonds is 6. The van der Waals surface area contributed by atoms with Gasteiger partial charge in [0.25, 0.3) is 0 Å². The van der Waals surface area contributed by atoms with Gasteiger partial charge in [-0.25, -0.2) is 8.42 Å². The second-order valence-corrected chi connectivity index (χ2v) is 6.56. The smallest absolute Gasteiger partial charge is 0.341 e. The van der Waals surface area contributed by atoms with Crippen molar-refractivity contribution in [2.45, 2.75) is 16.8 Å². The first-order valence-corrected chi connectivity index (χ1v) is 8.05. The quantitative estimate of drug-likeness (QED) is 0.856. The summed E-state index contributed by atoms with van der Waals surface area (Å²) < 4.78 is 47.4. The lowest BCUT2D eigenvalue weighted by Crippen LogP contribution is -2.13. The van der Waals surface area contributed by atoms with Crippen LogP contribution in [0.5, 0.6) is 0 Å². The van der Waals surface area contributed by atoms with Crippen molar-refractivity contribution in [3.63, 3.8) is 0 Å². The molecule has 0 fully saturated rings. The van der Waals surface area contributed by atoms with Crippen LogP contribution in [-0.2, 0) is 9.84 Å². The molecule has 0 aromatic heterocycles. The standard InChI is InChI=1S/C15H15F2NO3S/c16-15(17)22(20,21)13-8-6-12(7-9-13)18-10-14(19)11-4-2-1-3-5-11/h1-9,14-15,18-19H,10H2/t14-/m0/s1. The maximum atomic E-state index is 12.4.